The van der Waals surface area contributed by atoms with Crippen molar-refractivity contribution >= 4 is 0 Å². The highest BCUT2D eigenvalue weighted by Gasteiger charge is 2.36. The number of hydrogen-bond donors (Lipinski definition) is 1. The molecule has 3 unspecified atom stereocenters. The molecule has 0 amide bonds. The molecule has 1 aromatic heterocycles. The molecule has 118 valence electrons. The summed E-state index contributed by atoms with van der Waals surface area (Å²) in [4.78, 5) is 0. The number of rotatable bonds is 3. The van der Waals surface area contributed by atoms with E-state index in [1.165, 1.54) is 32.1 Å². The van der Waals surface area contributed by atoms with Crippen LogP contribution in [-0.2, 0) is 6.42 Å². The highest BCUT2D eigenvalue weighted by atomic mass is 16.3. The van der Waals surface area contributed by atoms with E-state index in [4.69, 9.17) is 5.10 Å². The first-order valence-corrected chi connectivity index (χ1v) is 8.82. The second-order valence-corrected chi connectivity index (χ2v) is 7.68. The normalized spacial score (nSPS) is 35.0. The molecule has 0 spiro atoms. The van der Waals surface area contributed by atoms with Crippen LogP contribution in [0.15, 0.2) is 12.3 Å². The van der Waals surface area contributed by atoms with Gasteiger partial charge in [0.25, 0.3) is 0 Å². The predicted molar refractivity (Wildman–Crippen MR) is 85.2 cm³/mol. The fourth-order valence-electron chi connectivity index (χ4n) is 4.20. The van der Waals surface area contributed by atoms with Gasteiger partial charge >= 0.3 is 0 Å². The number of nitrogens with zero attached hydrogens (tertiary/aromatic N) is 2. The topological polar surface area (TPSA) is 38.0 Å². The molecule has 3 heteroatoms. The maximum atomic E-state index is 10.9. The summed E-state index contributed by atoms with van der Waals surface area (Å²) in [5.74, 6) is 1.36. The van der Waals surface area contributed by atoms with Crippen molar-refractivity contribution in [1.29, 1.82) is 0 Å². The lowest BCUT2D eigenvalue weighted by Gasteiger charge is -2.38. The molecule has 0 bridgehead atoms. The minimum absolute atomic E-state index is 0.530. The Hall–Kier alpha value is -0.830. The monoisotopic (exact) mass is 290 g/mol. The van der Waals surface area contributed by atoms with Crippen molar-refractivity contribution < 1.29 is 5.11 Å². The van der Waals surface area contributed by atoms with Crippen molar-refractivity contribution in [3.8, 4) is 0 Å². The molecule has 0 saturated heterocycles. The van der Waals surface area contributed by atoms with Crippen molar-refractivity contribution in [1.82, 2.24) is 9.78 Å². The fraction of sp³-hybridized carbons (Fsp3) is 0.833. The highest BCUT2D eigenvalue weighted by Crippen LogP contribution is 2.38. The van der Waals surface area contributed by atoms with Gasteiger partial charge in [0.1, 0.15) is 0 Å². The van der Waals surface area contributed by atoms with Crippen LogP contribution in [0.5, 0.6) is 0 Å². The zero-order chi connectivity index (χ0) is 14.9. The zero-order valence-electron chi connectivity index (χ0n) is 13.6. The highest BCUT2D eigenvalue weighted by molar-refractivity contribution is 5.06. The van der Waals surface area contributed by atoms with Gasteiger partial charge in [-0.2, -0.15) is 5.10 Å². The zero-order valence-corrected chi connectivity index (χ0v) is 13.6. The Labute approximate surface area is 128 Å². The smallest absolute Gasteiger partial charge is 0.0706 e. The molecule has 3 atom stereocenters. The Morgan fingerprint density at radius 3 is 2.67 bits per heavy atom. The molecular weight excluding hydrogens is 260 g/mol. The van der Waals surface area contributed by atoms with Gasteiger partial charge in [-0.15, -0.1) is 0 Å². The lowest BCUT2D eigenvalue weighted by atomic mass is 9.71. The number of hydrogen-bond acceptors (Lipinski definition) is 2. The van der Waals surface area contributed by atoms with E-state index in [1.54, 1.807) is 0 Å². The molecule has 2 saturated carbocycles. The van der Waals surface area contributed by atoms with Crippen molar-refractivity contribution in [2.45, 2.75) is 83.3 Å². The Balaban J connectivity index is 1.63. The largest absolute Gasteiger partial charge is 0.389 e. The van der Waals surface area contributed by atoms with Crippen molar-refractivity contribution in [2.75, 3.05) is 0 Å². The van der Waals surface area contributed by atoms with Crippen LogP contribution >= 0.6 is 0 Å². The SMILES string of the molecule is CC1CCC(O)(Cc2ccn(C3CCCCC3)n2)CC1C. The third kappa shape index (κ3) is 3.50. The lowest BCUT2D eigenvalue weighted by molar-refractivity contribution is -0.0287. The number of aromatic nitrogens is 2. The average molecular weight is 290 g/mol. The van der Waals surface area contributed by atoms with Gasteiger partial charge in [-0.05, 0) is 50.0 Å². The molecular formula is C18H30N2O. The first-order valence-electron chi connectivity index (χ1n) is 8.82. The van der Waals surface area contributed by atoms with Gasteiger partial charge < -0.3 is 5.11 Å². The Kier molecular flexibility index (Phi) is 4.39. The van der Waals surface area contributed by atoms with Crippen molar-refractivity contribution in [3.63, 3.8) is 0 Å². The molecule has 21 heavy (non-hydrogen) atoms. The summed E-state index contributed by atoms with van der Waals surface area (Å²) in [5, 5.41) is 15.7. The molecule has 2 aliphatic rings. The Bertz CT molecular complexity index is 464. The molecule has 0 aromatic carbocycles. The molecule has 2 aliphatic carbocycles. The average Bonchev–Trinajstić information content (AvgIpc) is 2.92. The standard InChI is InChI=1S/C18H30N2O/c1-14-8-10-18(21,12-15(14)2)13-16-9-11-20(19-16)17-6-4-3-5-7-17/h9,11,14-15,17,21H,3-8,10,12-13H2,1-2H3. The second kappa shape index (κ2) is 6.12. The maximum absolute atomic E-state index is 10.9. The molecule has 0 aliphatic heterocycles. The van der Waals surface area contributed by atoms with Crippen molar-refractivity contribution in [2.24, 2.45) is 11.8 Å². The van der Waals surface area contributed by atoms with Gasteiger partial charge in [-0.1, -0.05) is 33.1 Å². The molecule has 3 nitrogen and oxygen atoms in total. The van der Waals surface area contributed by atoms with Crippen molar-refractivity contribution in [3.05, 3.63) is 18.0 Å². The van der Waals surface area contributed by atoms with Crippen LogP contribution in [0.3, 0.4) is 0 Å². The second-order valence-electron chi connectivity index (χ2n) is 7.68. The van der Waals surface area contributed by atoms with Crippen LogP contribution in [0.1, 0.15) is 76.9 Å². The van der Waals surface area contributed by atoms with E-state index in [0.717, 1.165) is 37.3 Å². The van der Waals surface area contributed by atoms with Gasteiger partial charge in [0.05, 0.1) is 17.3 Å². The van der Waals surface area contributed by atoms with Crippen LogP contribution in [-0.4, -0.2) is 20.5 Å². The van der Waals surface area contributed by atoms with Gasteiger partial charge in [-0.3, -0.25) is 4.68 Å². The van der Waals surface area contributed by atoms with Gasteiger partial charge in [0.15, 0.2) is 0 Å². The lowest BCUT2D eigenvalue weighted by Crippen LogP contribution is -2.39. The van der Waals surface area contributed by atoms with Gasteiger partial charge in [0, 0.05) is 12.6 Å². The summed E-state index contributed by atoms with van der Waals surface area (Å²) < 4.78 is 2.16. The van der Waals surface area contributed by atoms with E-state index in [1.807, 2.05) is 0 Å². The molecule has 3 rings (SSSR count). The number of aliphatic hydroxyl groups is 1. The van der Waals surface area contributed by atoms with E-state index < -0.39 is 5.60 Å². The Morgan fingerprint density at radius 2 is 1.95 bits per heavy atom. The molecule has 0 radical (unpaired) electrons. The summed E-state index contributed by atoms with van der Waals surface area (Å²) in [6.45, 7) is 4.58. The maximum Gasteiger partial charge on any atom is 0.0706 e. The summed E-state index contributed by atoms with van der Waals surface area (Å²) in [6, 6.07) is 2.71. The van der Waals surface area contributed by atoms with Crippen LogP contribution in [0.4, 0.5) is 0 Å². The van der Waals surface area contributed by atoms with E-state index in [2.05, 4.69) is 30.8 Å². The summed E-state index contributed by atoms with van der Waals surface area (Å²) in [6.07, 6.45) is 12.4. The first kappa shape index (κ1) is 15.1. The van der Waals surface area contributed by atoms with Crippen LogP contribution in [0.2, 0.25) is 0 Å². The third-order valence-electron chi connectivity index (χ3n) is 5.86. The summed E-state index contributed by atoms with van der Waals surface area (Å²) >= 11 is 0. The van der Waals surface area contributed by atoms with Crippen LogP contribution < -0.4 is 0 Å². The molecule has 1 heterocycles. The van der Waals surface area contributed by atoms with Gasteiger partial charge in [-0.25, -0.2) is 0 Å². The van der Waals surface area contributed by atoms with E-state index >= 15 is 0 Å². The Morgan fingerprint density at radius 1 is 1.19 bits per heavy atom. The van der Waals surface area contributed by atoms with Crippen LogP contribution in [0.25, 0.3) is 0 Å². The van der Waals surface area contributed by atoms with E-state index in [9.17, 15) is 5.11 Å². The predicted octanol–water partition coefficient (Wildman–Crippen LogP) is 4.12. The quantitative estimate of drug-likeness (QED) is 0.909. The molecule has 1 N–H and O–H groups in total. The minimum Gasteiger partial charge on any atom is -0.389 e. The summed E-state index contributed by atoms with van der Waals surface area (Å²) in [7, 11) is 0. The summed E-state index contributed by atoms with van der Waals surface area (Å²) in [5.41, 5.74) is 0.544. The molecule has 1 aromatic rings. The van der Waals surface area contributed by atoms with Gasteiger partial charge in [0.2, 0.25) is 0 Å². The first-order chi connectivity index (χ1) is 10.1. The van der Waals surface area contributed by atoms with Crippen LogP contribution in [0, 0.1) is 11.8 Å². The minimum atomic E-state index is -0.530. The van der Waals surface area contributed by atoms with E-state index in [0.29, 0.717) is 12.0 Å². The third-order valence-corrected chi connectivity index (χ3v) is 5.86. The van der Waals surface area contributed by atoms with E-state index in [-0.39, 0.29) is 0 Å². The fourth-order valence-corrected chi connectivity index (χ4v) is 4.20. The molecule has 2 fully saturated rings.